The third-order valence-electron chi connectivity index (χ3n) is 2.78. The van der Waals surface area contributed by atoms with Gasteiger partial charge in [0, 0.05) is 25.3 Å². The molecule has 2 aromatic carbocycles. The van der Waals surface area contributed by atoms with E-state index in [9.17, 15) is 8.78 Å². The summed E-state index contributed by atoms with van der Waals surface area (Å²) >= 11 is 0. The monoisotopic (exact) mass is 258 g/mol. The van der Waals surface area contributed by atoms with Crippen molar-refractivity contribution in [2.75, 3.05) is 11.9 Å². The van der Waals surface area contributed by atoms with Crippen LogP contribution in [0, 0.1) is 23.0 Å². The summed E-state index contributed by atoms with van der Waals surface area (Å²) in [5.74, 6) is -1.16. The highest BCUT2D eigenvalue weighted by Gasteiger charge is 2.05. The molecule has 0 radical (unpaired) electrons. The average molecular weight is 258 g/mol. The van der Waals surface area contributed by atoms with E-state index in [0.29, 0.717) is 17.7 Å². The van der Waals surface area contributed by atoms with Gasteiger partial charge in [0.1, 0.15) is 11.6 Å². The fraction of sp³-hybridized carbons (Fsp3) is 0.133. The highest BCUT2D eigenvalue weighted by molar-refractivity contribution is 5.49. The van der Waals surface area contributed by atoms with Crippen molar-refractivity contribution >= 4 is 5.69 Å². The first-order chi connectivity index (χ1) is 9.08. The SMILES string of the molecule is CN(Cc1cc(F)cc(F)c1)c1ccc(C#N)cc1. The third kappa shape index (κ3) is 3.29. The second-order valence-electron chi connectivity index (χ2n) is 4.29. The lowest BCUT2D eigenvalue weighted by atomic mass is 10.1. The van der Waals surface area contributed by atoms with Crippen LogP contribution in [0.4, 0.5) is 14.5 Å². The first kappa shape index (κ1) is 13.0. The molecule has 0 aliphatic rings. The minimum atomic E-state index is -0.580. The molecule has 2 rings (SSSR count). The Bertz CT molecular complexity index is 595. The van der Waals surface area contributed by atoms with Crippen molar-refractivity contribution in [2.45, 2.75) is 6.54 Å². The maximum Gasteiger partial charge on any atom is 0.126 e. The Labute approximate surface area is 110 Å². The summed E-state index contributed by atoms with van der Waals surface area (Å²) in [6, 6.07) is 12.5. The van der Waals surface area contributed by atoms with Gasteiger partial charge in [0.25, 0.3) is 0 Å². The Hall–Kier alpha value is -2.41. The van der Waals surface area contributed by atoms with Gasteiger partial charge >= 0.3 is 0 Å². The Morgan fingerprint density at radius 3 is 2.16 bits per heavy atom. The number of nitriles is 1. The fourth-order valence-electron chi connectivity index (χ4n) is 1.86. The van der Waals surface area contributed by atoms with Crippen molar-refractivity contribution in [3.8, 4) is 6.07 Å². The highest BCUT2D eigenvalue weighted by atomic mass is 19.1. The van der Waals surface area contributed by atoms with E-state index in [1.54, 1.807) is 24.3 Å². The fourth-order valence-corrected chi connectivity index (χ4v) is 1.86. The van der Waals surface area contributed by atoms with Gasteiger partial charge in [-0.3, -0.25) is 0 Å². The van der Waals surface area contributed by atoms with Crippen LogP contribution in [0.3, 0.4) is 0 Å². The quantitative estimate of drug-likeness (QED) is 0.842. The lowest BCUT2D eigenvalue weighted by Crippen LogP contribution is -2.16. The van der Waals surface area contributed by atoms with Crippen LogP contribution in [0.1, 0.15) is 11.1 Å². The topological polar surface area (TPSA) is 27.0 Å². The molecule has 0 atom stereocenters. The molecule has 0 spiro atoms. The van der Waals surface area contributed by atoms with Crippen LogP contribution in [0.5, 0.6) is 0 Å². The van der Waals surface area contributed by atoms with Crippen LogP contribution in [0.15, 0.2) is 42.5 Å². The first-order valence-corrected chi connectivity index (χ1v) is 5.75. The van der Waals surface area contributed by atoms with Gasteiger partial charge in [0.05, 0.1) is 11.6 Å². The molecule has 4 heteroatoms. The summed E-state index contributed by atoms with van der Waals surface area (Å²) in [7, 11) is 1.82. The van der Waals surface area contributed by atoms with Gasteiger partial charge in [-0.05, 0) is 42.0 Å². The Kier molecular flexibility index (Phi) is 3.76. The van der Waals surface area contributed by atoms with Crippen LogP contribution in [0.25, 0.3) is 0 Å². The highest BCUT2D eigenvalue weighted by Crippen LogP contribution is 2.17. The zero-order valence-corrected chi connectivity index (χ0v) is 10.4. The molecule has 0 amide bonds. The number of halogens is 2. The predicted molar refractivity (Wildman–Crippen MR) is 69.6 cm³/mol. The summed E-state index contributed by atoms with van der Waals surface area (Å²) in [5.41, 5.74) is 2.02. The number of benzene rings is 2. The number of nitrogens with zero attached hydrogens (tertiary/aromatic N) is 2. The molecule has 0 heterocycles. The largest absolute Gasteiger partial charge is 0.370 e. The van der Waals surface area contributed by atoms with E-state index in [2.05, 4.69) is 0 Å². The number of anilines is 1. The summed E-state index contributed by atoms with van der Waals surface area (Å²) in [6.45, 7) is 0.389. The molecule has 0 aliphatic carbocycles. The van der Waals surface area contributed by atoms with E-state index < -0.39 is 11.6 Å². The smallest absolute Gasteiger partial charge is 0.126 e. The van der Waals surface area contributed by atoms with E-state index in [4.69, 9.17) is 5.26 Å². The molecule has 0 bridgehead atoms. The molecule has 0 N–H and O–H groups in total. The molecule has 0 aromatic heterocycles. The molecular weight excluding hydrogens is 246 g/mol. The van der Waals surface area contributed by atoms with Crippen LogP contribution in [0.2, 0.25) is 0 Å². The molecular formula is C15H12F2N2. The van der Waals surface area contributed by atoms with Crippen LogP contribution in [-0.2, 0) is 6.54 Å². The third-order valence-corrected chi connectivity index (χ3v) is 2.78. The van der Waals surface area contributed by atoms with Crippen molar-refractivity contribution in [3.05, 3.63) is 65.2 Å². The van der Waals surface area contributed by atoms with Crippen molar-refractivity contribution in [2.24, 2.45) is 0 Å². The van der Waals surface area contributed by atoms with Crippen LogP contribution >= 0.6 is 0 Å². The van der Waals surface area contributed by atoms with Crippen LogP contribution in [-0.4, -0.2) is 7.05 Å². The molecule has 0 unspecified atom stereocenters. The Morgan fingerprint density at radius 2 is 1.63 bits per heavy atom. The van der Waals surface area contributed by atoms with Gasteiger partial charge in [-0.1, -0.05) is 0 Å². The molecule has 96 valence electrons. The molecule has 0 aliphatic heterocycles. The molecule has 0 saturated carbocycles. The molecule has 0 saturated heterocycles. The summed E-state index contributed by atoms with van der Waals surface area (Å²) in [6.07, 6.45) is 0. The zero-order valence-electron chi connectivity index (χ0n) is 10.4. The van der Waals surface area contributed by atoms with Gasteiger partial charge in [-0.2, -0.15) is 5.26 Å². The average Bonchev–Trinajstić information content (AvgIpc) is 2.37. The summed E-state index contributed by atoms with van der Waals surface area (Å²) < 4.78 is 26.2. The van der Waals surface area contributed by atoms with Gasteiger partial charge in [0.15, 0.2) is 0 Å². The van der Waals surface area contributed by atoms with Crippen molar-refractivity contribution in [1.82, 2.24) is 0 Å². The van der Waals surface area contributed by atoms with Crippen LogP contribution < -0.4 is 4.90 Å². The molecule has 19 heavy (non-hydrogen) atoms. The minimum absolute atomic E-state index is 0.389. The minimum Gasteiger partial charge on any atom is -0.370 e. The summed E-state index contributed by atoms with van der Waals surface area (Å²) in [4.78, 5) is 1.86. The first-order valence-electron chi connectivity index (χ1n) is 5.75. The second kappa shape index (κ2) is 5.49. The van der Waals surface area contributed by atoms with Crippen molar-refractivity contribution in [3.63, 3.8) is 0 Å². The molecule has 2 aromatic rings. The summed E-state index contributed by atoms with van der Waals surface area (Å²) in [5, 5.41) is 8.72. The maximum atomic E-state index is 13.1. The van der Waals surface area contributed by atoms with Crippen molar-refractivity contribution in [1.29, 1.82) is 5.26 Å². The van der Waals surface area contributed by atoms with E-state index in [1.165, 1.54) is 12.1 Å². The molecule has 2 nitrogen and oxygen atoms in total. The number of hydrogen-bond acceptors (Lipinski definition) is 2. The Morgan fingerprint density at radius 1 is 1.05 bits per heavy atom. The Balaban J connectivity index is 2.15. The van der Waals surface area contributed by atoms with Gasteiger partial charge < -0.3 is 4.90 Å². The standard InChI is InChI=1S/C15H12F2N2/c1-19(15-4-2-11(9-18)3-5-15)10-12-6-13(16)8-14(17)7-12/h2-8H,10H2,1H3. The van der Waals surface area contributed by atoms with E-state index in [0.717, 1.165) is 11.8 Å². The normalized spacial score (nSPS) is 10.0. The van der Waals surface area contributed by atoms with Crippen molar-refractivity contribution < 1.29 is 8.78 Å². The van der Waals surface area contributed by atoms with Gasteiger partial charge in [0.2, 0.25) is 0 Å². The number of rotatable bonds is 3. The van der Waals surface area contributed by atoms with Gasteiger partial charge in [-0.15, -0.1) is 0 Å². The lowest BCUT2D eigenvalue weighted by Gasteiger charge is -2.19. The van der Waals surface area contributed by atoms with E-state index >= 15 is 0 Å². The maximum absolute atomic E-state index is 13.1. The number of hydrogen-bond donors (Lipinski definition) is 0. The zero-order chi connectivity index (χ0) is 13.8. The lowest BCUT2D eigenvalue weighted by molar-refractivity contribution is 0.579. The second-order valence-corrected chi connectivity index (χ2v) is 4.29. The van der Waals surface area contributed by atoms with Gasteiger partial charge in [-0.25, -0.2) is 8.78 Å². The van der Waals surface area contributed by atoms with E-state index in [1.807, 2.05) is 18.0 Å². The molecule has 0 fully saturated rings. The predicted octanol–water partition coefficient (Wildman–Crippen LogP) is 3.47. The van der Waals surface area contributed by atoms with E-state index in [-0.39, 0.29) is 0 Å².